The highest BCUT2D eigenvalue weighted by atomic mass is 16.5. The number of carbonyl (C=O) groups excluding carboxylic acids is 1. The zero-order valence-electron chi connectivity index (χ0n) is 19.2. The van der Waals surface area contributed by atoms with E-state index in [4.69, 9.17) is 9.15 Å². The summed E-state index contributed by atoms with van der Waals surface area (Å²) < 4.78 is 11.4. The predicted molar refractivity (Wildman–Crippen MR) is 136 cm³/mol. The number of hydrogen-bond acceptors (Lipinski definition) is 6. The van der Waals surface area contributed by atoms with E-state index in [0.29, 0.717) is 34.9 Å². The molecule has 2 atom stereocenters. The number of anilines is 2. The number of ketones is 1. The molecule has 2 aliphatic rings. The van der Waals surface area contributed by atoms with Gasteiger partial charge in [-0.25, -0.2) is 0 Å². The monoisotopic (exact) mass is 464 g/mol. The van der Waals surface area contributed by atoms with E-state index in [9.17, 15) is 9.59 Å². The van der Waals surface area contributed by atoms with Crippen molar-refractivity contribution in [3.63, 3.8) is 0 Å². The van der Waals surface area contributed by atoms with Gasteiger partial charge in [-0.3, -0.25) is 9.59 Å². The topological polar surface area (TPSA) is 80.6 Å². The Hall–Kier alpha value is -4.32. The molecule has 2 heterocycles. The van der Waals surface area contributed by atoms with Gasteiger partial charge in [0.2, 0.25) is 0 Å². The summed E-state index contributed by atoms with van der Waals surface area (Å²) in [5.74, 6) is 0.726. The molecule has 0 saturated carbocycles. The fourth-order valence-electron chi connectivity index (χ4n) is 5.24. The largest absolute Gasteiger partial charge is 0.496 e. The molecule has 4 aromatic rings. The number of hydrogen-bond donors (Lipinski definition) is 2. The van der Waals surface area contributed by atoms with Gasteiger partial charge in [0.05, 0.1) is 35.5 Å². The molecule has 2 N–H and O–H groups in total. The smallest absolute Gasteiger partial charge is 0.198 e. The summed E-state index contributed by atoms with van der Waals surface area (Å²) in [7, 11) is 1.65. The van der Waals surface area contributed by atoms with Crippen LogP contribution in [0.4, 0.5) is 11.4 Å². The molecule has 1 aromatic heterocycles. The maximum Gasteiger partial charge on any atom is 0.198 e. The summed E-state index contributed by atoms with van der Waals surface area (Å²) in [6, 6.07) is 22.1. The molecule has 3 aromatic carbocycles. The van der Waals surface area contributed by atoms with E-state index < -0.39 is 6.04 Å². The fourth-order valence-corrected chi connectivity index (χ4v) is 5.24. The highest BCUT2D eigenvalue weighted by molar-refractivity contribution is 6.01. The lowest BCUT2D eigenvalue weighted by Gasteiger charge is -2.30. The maximum atomic E-state index is 13.8. The molecule has 35 heavy (non-hydrogen) atoms. The highest BCUT2D eigenvalue weighted by Crippen LogP contribution is 2.45. The zero-order valence-corrected chi connectivity index (χ0v) is 19.2. The van der Waals surface area contributed by atoms with E-state index in [1.165, 1.54) is 6.26 Å². The Kier molecular flexibility index (Phi) is 5.14. The number of para-hydroxylation sites is 4. The van der Waals surface area contributed by atoms with Crippen molar-refractivity contribution in [1.82, 2.24) is 0 Å². The van der Waals surface area contributed by atoms with Crippen molar-refractivity contribution < 1.29 is 13.9 Å². The van der Waals surface area contributed by atoms with E-state index >= 15 is 0 Å². The lowest BCUT2D eigenvalue weighted by molar-refractivity contribution is -0.116. The average Bonchev–Trinajstić information content (AvgIpc) is 3.06. The molecule has 0 saturated heterocycles. The van der Waals surface area contributed by atoms with E-state index in [1.54, 1.807) is 19.2 Å². The van der Waals surface area contributed by atoms with Gasteiger partial charge in [-0.15, -0.1) is 0 Å². The van der Waals surface area contributed by atoms with Crippen molar-refractivity contribution in [1.29, 1.82) is 0 Å². The Labute approximate surface area is 202 Å². The second kappa shape index (κ2) is 8.47. The Bertz CT molecular complexity index is 1550. The number of methoxy groups -OCH3 is 1. The molecule has 0 radical (unpaired) electrons. The molecule has 6 heteroatoms. The Morgan fingerprint density at radius 3 is 2.46 bits per heavy atom. The van der Waals surface area contributed by atoms with E-state index in [2.05, 4.69) is 10.6 Å². The van der Waals surface area contributed by atoms with Gasteiger partial charge >= 0.3 is 0 Å². The van der Waals surface area contributed by atoms with Crippen LogP contribution >= 0.6 is 0 Å². The molecule has 0 bridgehead atoms. The average molecular weight is 465 g/mol. The first-order valence-corrected chi connectivity index (χ1v) is 11.7. The van der Waals surface area contributed by atoms with Crippen LogP contribution in [0.3, 0.4) is 0 Å². The van der Waals surface area contributed by atoms with Gasteiger partial charge in [0.1, 0.15) is 17.6 Å². The lowest BCUT2D eigenvalue weighted by atomic mass is 9.78. The van der Waals surface area contributed by atoms with Crippen molar-refractivity contribution in [2.24, 2.45) is 0 Å². The summed E-state index contributed by atoms with van der Waals surface area (Å²) in [5, 5.41) is 7.47. The molecular weight excluding hydrogens is 440 g/mol. The van der Waals surface area contributed by atoms with Crippen LogP contribution in [0.5, 0.6) is 5.75 Å². The van der Waals surface area contributed by atoms with Crippen LogP contribution in [0, 0.1) is 0 Å². The van der Waals surface area contributed by atoms with Crippen LogP contribution in [0.1, 0.15) is 35.9 Å². The maximum absolute atomic E-state index is 13.8. The van der Waals surface area contributed by atoms with Crippen LogP contribution in [-0.4, -0.2) is 12.9 Å². The molecule has 0 spiro atoms. The first-order valence-electron chi connectivity index (χ1n) is 11.7. The van der Waals surface area contributed by atoms with Crippen LogP contribution in [0.25, 0.3) is 11.0 Å². The third-order valence-electron chi connectivity index (χ3n) is 6.91. The molecule has 0 amide bonds. The lowest BCUT2D eigenvalue weighted by Crippen LogP contribution is -2.29. The molecule has 1 aliphatic heterocycles. The molecule has 1 aliphatic carbocycles. The van der Waals surface area contributed by atoms with Crippen molar-refractivity contribution in [2.45, 2.75) is 24.8 Å². The van der Waals surface area contributed by atoms with Crippen LogP contribution in [0.2, 0.25) is 0 Å². The third kappa shape index (κ3) is 3.58. The number of benzene rings is 3. The first-order chi connectivity index (χ1) is 17.1. The van der Waals surface area contributed by atoms with Gasteiger partial charge in [0.15, 0.2) is 11.2 Å². The molecule has 174 valence electrons. The summed E-state index contributed by atoms with van der Waals surface area (Å²) in [6.07, 6.45) is 2.43. The molecular formula is C29H24N2O4. The highest BCUT2D eigenvalue weighted by Gasteiger charge is 2.38. The number of carbonyl (C=O) groups is 1. The summed E-state index contributed by atoms with van der Waals surface area (Å²) in [4.78, 5) is 27.3. The van der Waals surface area contributed by atoms with Gasteiger partial charge < -0.3 is 19.8 Å². The van der Waals surface area contributed by atoms with E-state index in [-0.39, 0.29) is 17.1 Å². The van der Waals surface area contributed by atoms with E-state index in [1.807, 2.05) is 60.7 Å². The van der Waals surface area contributed by atoms with Crippen molar-refractivity contribution >= 4 is 28.1 Å². The third-order valence-corrected chi connectivity index (χ3v) is 6.91. The Morgan fingerprint density at radius 2 is 1.60 bits per heavy atom. The minimum atomic E-state index is -0.631. The van der Waals surface area contributed by atoms with Gasteiger partial charge in [0, 0.05) is 23.6 Å². The number of nitrogens with one attached hydrogen (secondary N) is 2. The van der Waals surface area contributed by atoms with Crippen molar-refractivity contribution in [3.8, 4) is 5.75 Å². The van der Waals surface area contributed by atoms with E-state index in [0.717, 1.165) is 28.4 Å². The second-order valence-electron chi connectivity index (χ2n) is 8.93. The quantitative estimate of drug-likeness (QED) is 0.400. The van der Waals surface area contributed by atoms with Crippen molar-refractivity contribution in [2.75, 3.05) is 17.7 Å². The zero-order chi connectivity index (χ0) is 23.9. The second-order valence-corrected chi connectivity index (χ2v) is 8.93. The molecule has 2 unspecified atom stereocenters. The minimum Gasteiger partial charge on any atom is -0.496 e. The molecule has 6 rings (SSSR count). The summed E-state index contributed by atoms with van der Waals surface area (Å²) >= 11 is 0. The minimum absolute atomic E-state index is 0.00693. The number of Topliss-reactive ketones (excluding diaryl/α,β-unsaturated/α-hetero) is 1. The normalized spacial score (nSPS) is 19.3. The number of rotatable bonds is 3. The van der Waals surface area contributed by atoms with Crippen LogP contribution < -0.4 is 20.8 Å². The summed E-state index contributed by atoms with van der Waals surface area (Å²) in [6.45, 7) is 0. The Morgan fingerprint density at radius 1 is 0.857 bits per heavy atom. The van der Waals surface area contributed by atoms with Crippen LogP contribution in [0.15, 0.2) is 99.5 Å². The van der Waals surface area contributed by atoms with Gasteiger partial charge in [-0.05, 0) is 42.3 Å². The predicted octanol–water partition coefficient (Wildman–Crippen LogP) is 5.78. The molecule has 0 fully saturated rings. The standard InChI is InChI=1S/C29H24N2O4/c1-34-25-12-6-2-8-18(25)17-14-23-27(24(32)15-17)28(31-22-11-5-4-10-21(22)30-23)20-16-35-26-13-7-3-9-19(26)29(20)33/h2-13,16-17,28,30-31H,14-15H2,1H3. The number of allylic oxidation sites excluding steroid dienone is 1. The van der Waals surface area contributed by atoms with Gasteiger partial charge in [-0.1, -0.05) is 42.5 Å². The van der Waals surface area contributed by atoms with Gasteiger partial charge in [0.25, 0.3) is 0 Å². The fraction of sp³-hybridized carbons (Fsp3) is 0.172. The van der Waals surface area contributed by atoms with Crippen molar-refractivity contribution in [3.05, 3.63) is 112 Å². The molecule has 6 nitrogen and oxygen atoms in total. The summed E-state index contributed by atoms with van der Waals surface area (Å²) in [5.41, 5.74) is 4.87. The Balaban J connectivity index is 1.52. The number of ether oxygens (including phenoxy) is 1. The first kappa shape index (κ1) is 21.2. The van der Waals surface area contributed by atoms with Crippen LogP contribution in [-0.2, 0) is 4.79 Å². The number of fused-ring (bicyclic) bond motifs is 2. The SMILES string of the molecule is COc1ccccc1C1CC(=O)C2=C(C1)Nc1ccccc1NC2c1coc2ccccc2c1=O. The van der Waals surface area contributed by atoms with Gasteiger partial charge in [-0.2, -0.15) is 0 Å².